The third-order valence-corrected chi connectivity index (χ3v) is 11.3. The summed E-state index contributed by atoms with van der Waals surface area (Å²) in [6, 6.07) is 2.12. The fourth-order valence-corrected chi connectivity index (χ4v) is 9.62. The zero-order valence-corrected chi connectivity index (χ0v) is 21.4. The minimum atomic E-state index is -0.489. The first-order chi connectivity index (χ1) is 16.2. The van der Waals surface area contributed by atoms with Crippen molar-refractivity contribution < 1.29 is 9.90 Å². The molecule has 5 nitrogen and oxygen atoms in total. The SMILES string of the molecule is CC[C@]12CC[C@@](C)(O)C[C@H]1CC[C@H]1[C@@H]3CCCC[C@@H](C(=O)Cn4cc(C#N)cn4)[C@@]3(C)CC[C@@H]12. The largest absolute Gasteiger partial charge is 0.390 e. The van der Waals surface area contributed by atoms with Gasteiger partial charge < -0.3 is 5.11 Å². The van der Waals surface area contributed by atoms with Crippen molar-refractivity contribution in [2.45, 2.75) is 110 Å². The van der Waals surface area contributed by atoms with Crippen LogP contribution in [0.4, 0.5) is 0 Å². The molecule has 0 saturated heterocycles. The van der Waals surface area contributed by atoms with Gasteiger partial charge in [0.25, 0.3) is 0 Å². The molecule has 1 aromatic rings. The van der Waals surface area contributed by atoms with E-state index in [0.29, 0.717) is 35.1 Å². The summed E-state index contributed by atoms with van der Waals surface area (Å²) in [7, 11) is 0. The van der Waals surface area contributed by atoms with Gasteiger partial charge in [0, 0.05) is 12.1 Å². The normalized spacial score (nSPS) is 44.1. The molecule has 1 aromatic heterocycles. The Morgan fingerprint density at radius 3 is 2.68 bits per heavy atom. The molecule has 8 atom stereocenters. The second-order valence-electron chi connectivity index (χ2n) is 12.8. The molecule has 4 saturated carbocycles. The van der Waals surface area contributed by atoms with Gasteiger partial charge in [-0.05, 0) is 106 Å². The van der Waals surface area contributed by atoms with E-state index in [0.717, 1.165) is 43.9 Å². The maximum Gasteiger partial charge on any atom is 0.157 e. The molecule has 4 aliphatic rings. The molecule has 34 heavy (non-hydrogen) atoms. The molecule has 1 N–H and O–H groups in total. The van der Waals surface area contributed by atoms with Crippen LogP contribution >= 0.6 is 0 Å². The third-order valence-electron chi connectivity index (χ3n) is 11.3. The number of ketones is 1. The van der Waals surface area contributed by atoms with Gasteiger partial charge in [-0.15, -0.1) is 0 Å². The Balaban J connectivity index is 1.40. The summed E-state index contributed by atoms with van der Waals surface area (Å²) >= 11 is 0. The van der Waals surface area contributed by atoms with E-state index in [4.69, 9.17) is 5.26 Å². The van der Waals surface area contributed by atoms with Crippen LogP contribution in [0.25, 0.3) is 0 Å². The van der Waals surface area contributed by atoms with Gasteiger partial charge in [-0.2, -0.15) is 10.4 Å². The second-order valence-corrected chi connectivity index (χ2v) is 12.8. The lowest BCUT2D eigenvalue weighted by molar-refractivity contribution is -0.167. The van der Waals surface area contributed by atoms with Crippen molar-refractivity contribution in [2.24, 2.45) is 40.4 Å². The smallest absolute Gasteiger partial charge is 0.157 e. The van der Waals surface area contributed by atoms with Crippen LogP contribution in [0.3, 0.4) is 0 Å². The molecule has 4 fully saturated rings. The number of nitriles is 1. The number of carbonyl (C=O) groups excluding carboxylic acids is 1. The van der Waals surface area contributed by atoms with Gasteiger partial charge >= 0.3 is 0 Å². The highest BCUT2D eigenvalue weighted by Gasteiger charge is 2.60. The third kappa shape index (κ3) is 3.85. The van der Waals surface area contributed by atoms with Gasteiger partial charge in [0.2, 0.25) is 0 Å². The lowest BCUT2D eigenvalue weighted by atomic mass is 9.41. The molecule has 5 rings (SSSR count). The Morgan fingerprint density at radius 1 is 1.15 bits per heavy atom. The number of Topliss-reactive ketones (excluding diaryl/α,β-unsaturated/α-hetero) is 1. The van der Waals surface area contributed by atoms with Crippen LogP contribution in [-0.4, -0.2) is 26.3 Å². The Bertz CT molecular complexity index is 961. The van der Waals surface area contributed by atoms with Gasteiger partial charge in [0.15, 0.2) is 5.78 Å². The summed E-state index contributed by atoms with van der Waals surface area (Å²) in [4.78, 5) is 13.7. The molecular weight excluding hydrogens is 422 g/mol. The number of rotatable bonds is 4. The molecular formula is C29H43N3O2. The van der Waals surface area contributed by atoms with Crippen LogP contribution in [-0.2, 0) is 11.3 Å². The summed E-state index contributed by atoms with van der Waals surface area (Å²) in [5.74, 6) is 3.17. The molecule has 0 amide bonds. The molecule has 0 spiro atoms. The molecule has 0 bridgehead atoms. The summed E-state index contributed by atoms with van der Waals surface area (Å²) in [6.45, 7) is 7.19. The highest BCUT2D eigenvalue weighted by molar-refractivity contribution is 5.81. The second kappa shape index (κ2) is 8.77. The summed E-state index contributed by atoms with van der Waals surface area (Å²) in [6.07, 6.45) is 17.2. The van der Waals surface area contributed by atoms with Crippen LogP contribution in [0.2, 0.25) is 0 Å². The quantitative estimate of drug-likeness (QED) is 0.600. The van der Waals surface area contributed by atoms with E-state index in [1.165, 1.54) is 44.9 Å². The van der Waals surface area contributed by atoms with Crippen molar-refractivity contribution >= 4 is 5.78 Å². The van der Waals surface area contributed by atoms with Crippen LogP contribution in [0, 0.1) is 51.8 Å². The van der Waals surface area contributed by atoms with Crippen LogP contribution in [0.15, 0.2) is 12.4 Å². The minimum Gasteiger partial charge on any atom is -0.390 e. The van der Waals surface area contributed by atoms with Gasteiger partial charge in [0.05, 0.1) is 23.9 Å². The fraction of sp³-hybridized carbons (Fsp3) is 0.828. The van der Waals surface area contributed by atoms with Crippen molar-refractivity contribution in [1.82, 2.24) is 9.78 Å². The number of aromatic nitrogens is 2. The average molecular weight is 466 g/mol. The summed E-state index contributed by atoms with van der Waals surface area (Å²) < 4.78 is 1.67. The maximum absolute atomic E-state index is 13.7. The van der Waals surface area contributed by atoms with Crippen molar-refractivity contribution in [3.8, 4) is 6.07 Å². The van der Waals surface area contributed by atoms with E-state index in [9.17, 15) is 9.90 Å². The lowest BCUT2D eigenvalue weighted by Crippen LogP contribution is -2.58. The molecule has 0 unspecified atom stereocenters. The topological polar surface area (TPSA) is 78.9 Å². The first kappa shape index (κ1) is 24.0. The van der Waals surface area contributed by atoms with Gasteiger partial charge in [-0.1, -0.05) is 26.7 Å². The van der Waals surface area contributed by atoms with Crippen molar-refractivity contribution in [3.63, 3.8) is 0 Å². The predicted molar refractivity (Wildman–Crippen MR) is 132 cm³/mol. The number of hydrogen-bond acceptors (Lipinski definition) is 4. The number of fused-ring (bicyclic) bond motifs is 5. The van der Waals surface area contributed by atoms with Gasteiger partial charge in [-0.25, -0.2) is 0 Å². The first-order valence-electron chi connectivity index (χ1n) is 13.9. The standard InChI is InChI=1S/C29H43N3O2/c1-4-29-14-13-27(2,34)15-21(29)9-10-22-23-7-5-6-8-25(28(23,3)12-11-24(22)29)26(33)19-32-18-20(16-30)17-31-32/h17-18,21-25,34H,4-15,19H2,1-3H3/t21-,22+,23+,24+,25+,27-,28+,29+/m1/s1. The molecule has 4 aliphatic carbocycles. The molecule has 1 heterocycles. The van der Waals surface area contributed by atoms with E-state index in [1.54, 1.807) is 17.1 Å². The Hall–Kier alpha value is -1.67. The Labute approximate surface area is 205 Å². The van der Waals surface area contributed by atoms with E-state index < -0.39 is 5.60 Å². The highest BCUT2D eigenvalue weighted by atomic mass is 16.3. The number of hydrogen-bond donors (Lipinski definition) is 1. The van der Waals surface area contributed by atoms with E-state index in [-0.39, 0.29) is 11.3 Å². The number of carbonyl (C=O) groups is 1. The molecule has 0 aromatic carbocycles. The van der Waals surface area contributed by atoms with Crippen LogP contribution in [0.5, 0.6) is 0 Å². The van der Waals surface area contributed by atoms with Crippen molar-refractivity contribution in [1.29, 1.82) is 5.26 Å². The molecule has 5 heteroatoms. The average Bonchev–Trinajstić information content (AvgIpc) is 3.18. The first-order valence-corrected chi connectivity index (χ1v) is 13.9. The van der Waals surface area contributed by atoms with Crippen LogP contribution in [0.1, 0.15) is 103 Å². The van der Waals surface area contributed by atoms with Crippen LogP contribution < -0.4 is 0 Å². The number of aliphatic hydroxyl groups is 1. The van der Waals surface area contributed by atoms with E-state index in [1.807, 2.05) is 0 Å². The maximum atomic E-state index is 13.7. The predicted octanol–water partition coefficient (Wildman–Crippen LogP) is 5.90. The Morgan fingerprint density at radius 2 is 1.94 bits per heavy atom. The zero-order valence-electron chi connectivity index (χ0n) is 21.4. The molecule has 186 valence electrons. The Kier molecular flexibility index (Phi) is 6.20. The molecule has 0 aliphatic heterocycles. The van der Waals surface area contributed by atoms with Crippen molar-refractivity contribution in [3.05, 3.63) is 18.0 Å². The zero-order chi connectivity index (χ0) is 24.1. The summed E-state index contributed by atoms with van der Waals surface area (Å²) in [5, 5.41) is 24.3. The lowest BCUT2D eigenvalue weighted by Gasteiger charge is -2.64. The highest BCUT2D eigenvalue weighted by Crippen LogP contribution is 2.67. The van der Waals surface area contributed by atoms with Gasteiger partial charge in [-0.3, -0.25) is 9.48 Å². The monoisotopic (exact) mass is 465 g/mol. The molecule has 0 radical (unpaired) electrons. The minimum absolute atomic E-state index is 0.0713. The van der Waals surface area contributed by atoms with Gasteiger partial charge in [0.1, 0.15) is 6.07 Å². The van der Waals surface area contributed by atoms with E-state index in [2.05, 4.69) is 31.9 Å². The number of nitrogens with zero attached hydrogens (tertiary/aromatic N) is 3. The van der Waals surface area contributed by atoms with E-state index >= 15 is 0 Å². The van der Waals surface area contributed by atoms with Crippen molar-refractivity contribution in [2.75, 3.05) is 0 Å². The summed E-state index contributed by atoms with van der Waals surface area (Å²) in [5.41, 5.74) is 0.492. The fourth-order valence-electron chi connectivity index (χ4n) is 9.62.